The molecule has 0 fully saturated rings. The van der Waals surface area contributed by atoms with Gasteiger partial charge in [0.05, 0.1) is 0 Å². The fourth-order valence-corrected chi connectivity index (χ4v) is 2.00. The molecule has 0 saturated carbocycles. The molecule has 0 spiro atoms. The zero-order chi connectivity index (χ0) is 13.0. The van der Waals surface area contributed by atoms with Crippen molar-refractivity contribution in [3.63, 3.8) is 0 Å². The van der Waals surface area contributed by atoms with Crippen molar-refractivity contribution in [2.45, 2.75) is 26.7 Å². The van der Waals surface area contributed by atoms with Crippen LogP contribution in [0.3, 0.4) is 0 Å². The van der Waals surface area contributed by atoms with Crippen molar-refractivity contribution in [2.75, 3.05) is 6.54 Å². The van der Waals surface area contributed by atoms with E-state index in [1.807, 2.05) is 26.0 Å². The number of aromatic nitrogens is 3. The predicted octanol–water partition coefficient (Wildman–Crippen LogP) is 2.05. The van der Waals surface area contributed by atoms with Crippen LogP contribution < -0.4 is 5.73 Å². The summed E-state index contributed by atoms with van der Waals surface area (Å²) in [5.41, 5.74) is 9.79. The molecule has 94 valence electrons. The summed E-state index contributed by atoms with van der Waals surface area (Å²) >= 11 is 0. The number of nitrogens with two attached hydrogens (primary N) is 1. The maximum Gasteiger partial charge on any atom is 0.161 e. The van der Waals surface area contributed by atoms with Gasteiger partial charge < -0.3 is 5.73 Å². The van der Waals surface area contributed by atoms with Gasteiger partial charge in [0, 0.05) is 29.3 Å². The molecule has 0 bridgehead atoms. The van der Waals surface area contributed by atoms with Crippen LogP contribution in [-0.2, 0) is 6.42 Å². The minimum Gasteiger partial charge on any atom is -0.330 e. The molecule has 18 heavy (non-hydrogen) atoms. The van der Waals surface area contributed by atoms with Gasteiger partial charge in [-0.1, -0.05) is 0 Å². The fourth-order valence-electron chi connectivity index (χ4n) is 2.00. The molecule has 4 nitrogen and oxygen atoms in total. The third-order valence-corrected chi connectivity index (χ3v) is 2.97. The number of hydrogen-bond donors (Lipinski definition) is 1. The maximum absolute atomic E-state index is 5.55. The van der Waals surface area contributed by atoms with E-state index >= 15 is 0 Å². The van der Waals surface area contributed by atoms with Crippen LogP contribution in [0.2, 0.25) is 0 Å². The molecular formula is C14H18N4. The first-order valence-corrected chi connectivity index (χ1v) is 6.17. The lowest BCUT2D eigenvalue weighted by Gasteiger charge is -2.10. The van der Waals surface area contributed by atoms with Crippen LogP contribution in [0.4, 0.5) is 0 Å². The Kier molecular flexibility index (Phi) is 3.99. The number of aryl methyl sites for hydroxylation is 2. The van der Waals surface area contributed by atoms with Crippen molar-refractivity contribution in [1.29, 1.82) is 0 Å². The lowest BCUT2D eigenvalue weighted by Crippen LogP contribution is -2.06. The summed E-state index contributed by atoms with van der Waals surface area (Å²) in [6.45, 7) is 4.75. The Labute approximate surface area is 107 Å². The average molecular weight is 242 g/mol. The van der Waals surface area contributed by atoms with Gasteiger partial charge >= 0.3 is 0 Å². The summed E-state index contributed by atoms with van der Waals surface area (Å²) in [5, 5.41) is 0. The van der Waals surface area contributed by atoms with Gasteiger partial charge in [0.15, 0.2) is 5.82 Å². The predicted molar refractivity (Wildman–Crippen MR) is 72.1 cm³/mol. The molecule has 0 aliphatic heterocycles. The Bertz CT molecular complexity index is 500. The van der Waals surface area contributed by atoms with Crippen molar-refractivity contribution < 1.29 is 0 Å². The highest BCUT2D eigenvalue weighted by molar-refractivity contribution is 5.54. The molecule has 0 aliphatic rings. The number of pyridine rings is 1. The minimum absolute atomic E-state index is 0.698. The van der Waals surface area contributed by atoms with Crippen LogP contribution in [0, 0.1) is 13.8 Å². The molecule has 0 aromatic carbocycles. The molecular weight excluding hydrogens is 224 g/mol. The summed E-state index contributed by atoms with van der Waals surface area (Å²) < 4.78 is 0. The molecule has 0 amide bonds. The second-order valence-corrected chi connectivity index (χ2v) is 4.33. The molecule has 0 unspecified atom stereocenters. The van der Waals surface area contributed by atoms with Crippen molar-refractivity contribution in [3.05, 3.63) is 41.5 Å². The normalized spacial score (nSPS) is 10.6. The van der Waals surface area contributed by atoms with Crippen LogP contribution in [0.5, 0.6) is 0 Å². The van der Waals surface area contributed by atoms with E-state index in [1.165, 1.54) is 5.56 Å². The molecule has 2 aromatic rings. The summed E-state index contributed by atoms with van der Waals surface area (Å²) in [6, 6.07) is 3.87. The van der Waals surface area contributed by atoms with Gasteiger partial charge in [0.1, 0.15) is 0 Å². The molecule has 0 radical (unpaired) electrons. The van der Waals surface area contributed by atoms with E-state index in [2.05, 4.69) is 15.0 Å². The van der Waals surface area contributed by atoms with E-state index < -0.39 is 0 Å². The molecule has 0 aliphatic carbocycles. The zero-order valence-corrected chi connectivity index (χ0v) is 10.8. The molecule has 4 heteroatoms. The van der Waals surface area contributed by atoms with Crippen molar-refractivity contribution in [2.24, 2.45) is 5.73 Å². The highest BCUT2D eigenvalue weighted by Crippen LogP contribution is 2.18. The highest BCUT2D eigenvalue weighted by Gasteiger charge is 2.09. The van der Waals surface area contributed by atoms with Crippen LogP contribution in [0.1, 0.15) is 23.4 Å². The summed E-state index contributed by atoms with van der Waals surface area (Å²) in [4.78, 5) is 13.2. The average Bonchev–Trinajstić information content (AvgIpc) is 2.39. The highest BCUT2D eigenvalue weighted by atomic mass is 14.9. The quantitative estimate of drug-likeness (QED) is 0.891. The van der Waals surface area contributed by atoms with Gasteiger partial charge in [-0.15, -0.1) is 0 Å². The summed E-state index contributed by atoms with van der Waals surface area (Å²) in [5.74, 6) is 0.745. The van der Waals surface area contributed by atoms with Crippen molar-refractivity contribution in [1.82, 2.24) is 15.0 Å². The lowest BCUT2D eigenvalue weighted by atomic mass is 10.1. The Hall–Kier alpha value is -1.81. The zero-order valence-electron chi connectivity index (χ0n) is 10.8. The SMILES string of the molecule is Cc1nc(-c2cccnc2)nc(C)c1CCCN. The van der Waals surface area contributed by atoms with Gasteiger partial charge in [-0.2, -0.15) is 0 Å². The Balaban J connectivity index is 2.36. The fraction of sp³-hybridized carbons (Fsp3) is 0.357. The topological polar surface area (TPSA) is 64.7 Å². The molecule has 0 atom stereocenters. The van der Waals surface area contributed by atoms with Crippen LogP contribution in [0.15, 0.2) is 24.5 Å². The molecule has 2 rings (SSSR count). The lowest BCUT2D eigenvalue weighted by molar-refractivity contribution is 0.806. The second kappa shape index (κ2) is 5.69. The van der Waals surface area contributed by atoms with E-state index in [4.69, 9.17) is 5.73 Å². The third-order valence-electron chi connectivity index (χ3n) is 2.97. The molecule has 2 heterocycles. The maximum atomic E-state index is 5.55. The third kappa shape index (κ3) is 2.71. The van der Waals surface area contributed by atoms with E-state index in [0.29, 0.717) is 6.54 Å². The number of rotatable bonds is 4. The largest absolute Gasteiger partial charge is 0.330 e. The van der Waals surface area contributed by atoms with E-state index in [-0.39, 0.29) is 0 Å². The first-order chi connectivity index (χ1) is 8.72. The monoisotopic (exact) mass is 242 g/mol. The van der Waals surface area contributed by atoms with E-state index in [0.717, 1.165) is 35.6 Å². The first kappa shape index (κ1) is 12.6. The Morgan fingerprint density at radius 1 is 1.17 bits per heavy atom. The van der Waals surface area contributed by atoms with E-state index in [9.17, 15) is 0 Å². The number of hydrogen-bond acceptors (Lipinski definition) is 4. The Morgan fingerprint density at radius 3 is 2.44 bits per heavy atom. The Morgan fingerprint density at radius 2 is 1.89 bits per heavy atom. The van der Waals surface area contributed by atoms with Crippen molar-refractivity contribution in [3.8, 4) is 11.4 Å². The van der Waals surface area contributed by atoms with Gasteiger partial charge in [-0.05, 0) is 50.9 Å². The molecule has 2 N–H and O–H groups in total. The number of nitrogens with zero attached hydrogens (tertiary/aromatic N) is 3. The smallest absolute Gasteiger partial charge is 0.161 e. The second-order valence-electron chi connectivity index (χ2n) is 4.33. The summed E-state index contributed by atoms with van der Waals surface area (Å²) in [7, 11) is 0. The molecule has 2 aromatic heterocycles. The van der Waals surface area contributed by atoms with Gasteiger partial charge in [-0.25, -0.2) is 9.97 Å². The molecule has 0 saturated heterocycles. The summed E-state index contributed by atoms with van der Waals surface area (Å²) in [6.07, 6.45) is 5.45. The van der Waals surface area contributed by atoms with Gasteiger partial charge in [0.25, 0.3) is 0 Å². The van der Waals surface area contributed by atoms with Gasteiger partial charge in [-0.3, -0.25) is 4.98 Å². The van der Waals surface area contributed by atoms with Crippen LogP contribution >= 0.6 is 0 Å². The van der Waals surface area contributed by atoms with E-state index in [1.54, 1.807) is 12.4 Å². The van der Waals surface area contributed by atoms with Crippen molar-refractivity contribution >= 4 is 0 Å². The standard InChI is InChI=1S/C14H18N4/c1-10-13(6-3-7-15)11(2)18-14(17-10)12-5-4-8-16-9-12/h4-5,8-9H,3,6-7,15H2,1-2H3. The minimum atomic E-state index is 0.698. The first-order valence-electron chi connectivity index (χ1n) is 6.17. The van der Waals surface area contributed by atoms with Crippen LogP contribution in [0.25, 0.3) is 11.4 Å². The van der Waals surface area contributed by atoms with Crippen LogP contribution in [-0.4, -0.2) is 21.5 Å². The van der Waals surface area contributed by atoms with Gasteiger partial charge in [0.2, 0.25) is 0 Å².